The highest BCUT2D eigenvalue weighted by Gasteiger charge is 2.06. The zero-order chi connectivity index (χ0) is 10.8. The molecule has 0 saturated heterocycles. The molecular formula is C10H7ClFN3. The van der Waals surface area contributed by atoms with Crippen LogP contribution in [0.5, 0.6) is 0 Å². The van der Waals surface area contributed by atoms with E-state index >= 15 is 0 Å². The van der Waals surface area contributed by atoms with Gasteiger partial charge in [0.15, 0.2) is 0 Å². The van der Waals surface area contributed by atoms with E-state index in [2.05, 4.69) is 10.2 Å². The van der Waals surface area contributed by atoms with Crippen LogP contribution in [0.25, 0.3) is 11.3 Å². The summed E-state index contributed by atoms with van der Waals surface area (Å²) in [5.74, 6) is -0.130. The van der Waals surface area contributed by atoms with Crippen molar-refractivity contribution in [1.82, 2.24) is 10.2 Å². The third-order valence-corrected chi connectivity index (χ3v) is 2.13. The molecule has 0 spiro atoms. The topological polar surface area (TPSA) is 51.8 Å². The number of halogens is 2. The molecular weight excluding hydrogens is 217 g/mol. The van der Waals surface area contributed by atoms with Crippen LogP contribution in [0.1, 0.15) is 0 Å². The molecule has 1 aromatic heterocycles. The van der Waals surface area contributed by atoms with Crippen molar-refractivity contribution in [3.8, 4) is 11.3 Å². The fraction of sp³-hybridized carbons (Fsp3) is 0. The maximum Gasteiger partial charge on any atom is 0.146 e. The van der Waals surface area contributed by atoms with E-state index in [1.807, 2.05) is 0 Å². The molecule has 0 aliphatic carbocycles. The summed E-state index contributed by atoms with van der Waals surface area (Å²) in [6.07, 6.45) is 0. The van der Waals surface area contributed by atoms with Gasteiger partial charge in [-0.1, -0.05) is 11.6 Å². The van der Waals surface area contributed by atoms with Gasteiger partial charge in [0.25, 0.3) is 0 Å². The number of benzene rings is 1. The molecule has 76 valence electrons. The van der Waals surface area contributed by atoms with E-state index in [0.29, 0.717) is 22.1 Å². The zero-order valence-corrected chi connectivity index (χ0v) is 8.37. The van der Waals surface area contributed by atoms with Gasteiger partial charge in [-0.3, -0.25) is 0 Å². The van der Waals surface area contributed by atoms with Crippen LogP contribution in [-0.4, -0.2) is 10.2 Å². The lowest BCUT2D eigenvalue weighted by Gasteiger charge is -2.02. The lowest BCUT2D eigenvalue weighted by atomic mass is 10.1. The van der Waals surface area contributed by atoms with Crippen molar-refractivity contribution in [2.75, 3.05) is 5.73 Å². The second kappa shape index (κ2) is 3.82. The summed E-state index contributed by atoms with van der Waals surface area (Å²) >= 11 is 5.63. The Morgan fingerprint density at radius 2 is 1.93 bits per heavy atom. The normalized spacial score (nSPS) is 10.3. The number of nitrogen functional groups attached to an aromatic ring is 1. The van der Waals surface area contributed by atoms with Crippen LogP contribution in [0.2, 0.25) is 5.02 Å². The Morgan fingerprint density at radius 3 is 2.53 bits per heavy atom. The van der Waals surface area contributed by atoms with Gasteiger partial charge < -0.3 is 5.73 Å². The molecule has 5 heteroatoms. The standard InChI is InChI=1S/C10H7ClFN3/c11-6-1-2-7(8(12)5-6)9-3-4-10(13)15-14-9/h1-5H,(H2,13,15). The maximum atomic E-state index is 13.5. The summed E-state index contributed by atoms with van der Waals surface area (Å²) in [6, 6.07) is 7.55. The summed E-state index contributed by atoms with van der Waals surface area (Å²) in [4.78, 5) is 0. The summed E-state index contributed by atoms with van der Waals surface area (Å²) in [5, 5.41) is 7.78. The summed E-state index contributed by atoms with van der Waals surface area (Å²) < 4.78 is 13.5. The smallest absolute Gasteiger partial charge is 0.146 e. The van der Waals surface area contributed by atoms with E-state index < -0.39 is 5.82 Å². The van der Waals surface area contributed by atoms with Gasteiger partial charge in [-0.15, -0.1) is 10.2 Å². The number of anilines is 1. The first-order chi connectivity index (χ1) is 7.16. The van der Waals surface area contributed by atoms with Crippen LogP contribution >= 0.6 is 11.6 Å². The Kier molecular flexibility index (Phi) is 2.51. The minimum Gasteiger partial charge on any atom is -0.382 e. The molecule has 0 fully saturated rings. The fourth-order valence-corrected chi connectivity index (χ4v) is 1.34. The molecule has 1 heterocycles. The van der Waals surface area contributed by atoms with E-state index in [9.17, 15) is 4.39 Å². The van der Waals surface area contributed by atoms with Crippen LogP contribution in [0, 0.1) is 5.82 Å². The van der Waals surface area contributed by atoms with Gasteiger partial charge in [-0.2, -0.15) is 0 Å². The van der Waals surface area contributed by atoms with Crippen molar-refractivity contribution in [1.29, 1.82) is 0 Å². The average molecular weight is 224 g/mol. The molecule has 1 aromatic carbocycles. The van der Waals surface area contributed by atoms with Crippen molar-refractivity contribution in [3.05, 3.63) is 41.2 Å². The van der Waals surface area contributed by atoms with Crippen molar-refractivity contribution >= 4 is 17.4 Å². The van der Waals surface area contributed by atoms with Crippen LogP contribution in [0.15, 0.2) is 30.3 Å². The summed E-state index contributed by atoms with van der Waals surface area (Å²) in [6.45, 7) is 0. The molecule has 0 radical (unpaired) electrons. The number of rotatable bonds is 1. The predicted octanol–water partition coefficient (Wildman–Crippen LogP) is 2.52. The number of hydrogen-bond acceptors (Lipinski definition) is 3. The molecule has 2 rings (SSSR count). The highest BCUT2D eigenvalue weighted by molar-refractivity contribution is 6.30. The SMILES string of the molecule is Nc1ccc(-c2ccc(Cl)cc2F)nn1. The molecule has 0 unspecified atom stereocenters. The number of aromatic nitrogens is 2. The maximum absolute atomic E-state index is 13.5. The highest BCUT2D eigenvalue weighted by Crippen LogP contribution is 2.23. The highest BCUT2D eigenvalue weighted by atomic mass is 35.5. The number of hydrogen-bond donors (Lipinski definition) is 1. The zero-order valence-electron chi connectivity index (χ0n) is 7.61. The number of nitrogens with zero attached hydrogens (tertiary/aromatic N) is 2. The monoisotopic (exact) mass is 223 g/mol. The molecule has 0 amide bonds. The molecule has 2 N–H and O–H groups in total. The van der Waals surface area contributed by atoms with Gasteiger partial charge in [-0.25, -0.2) is 4.39 Å². The Balaban J connectivity index is 2.49. The quantitative estimate of drug-likeness (QED) is 0.808. The van der Waals surface area contributed by atoms with E-state index in [0.717, 1.165) is 0 Å². The lowest BCUT2D eigenvalue weighted by molar-refractivity contribution is 0.630. The summed E-state index contributed by atoms with van der Waals surface area (Å²) in [7, 11) is 0. The van der Waals surface area contributed by atoms with Crippen LogP contribution in [-0.2, 0) is 0 Å². The molecule has 0 atom stereocenters. The van der Waals surface area contributed by atoms with Crippen LogP contribution in [0.3, 0.4) is 0 Å². The Bertz CT molecular complexity index is 485. The second-order valence-corrected chi connectivity index (χ2v) is 3.40. The van der Waals surface area contributed by atoms with E-state index in [4.69, 9.17) is 17.3 Å². The van der Waals surface area contributed by atoms with Crippen LogP contribution < -0.4 is 5.73 Å². The minimum absolute atomic E-state index is 0.299. The first kappa shape index (κ1) is 9.86. The van der Waals surface area contributed by atoms with Gasteiger partial charge in [0.1, 0.15) is 11.6 Å². The van der Waals surface area contributed by atoms with Crippen LogP contribution in [0.4, 0.5) is 10.2 Å². The molecule has 0 aliphatic heterocycles. The molecule has 0 saturated carbocycles. The van der Waals surface area contributed by atoms with Gasteiger partial charge in [0, 0.05) is 10.6 Å². The average Bonchev–Trinajstić information content (AvgIpc) is 2.20. The van der Waals surface area contributed by atoms with E-state index in [-0.39, 0.29) is 0 Å². The second-order valence-electron chi connectivity index (χ2n) is 2.97. The molecule has 0 bridgehead atoms. The molecule has 3 nitrogen and oxygen atoms in total. The third-order valence-electron chi connectivity index (χ3n) is 1.89. The van der Waals surface area contributed by atoms with E-state index in [1.165, 1.54) is 6.07 Å². The number of nitrogens with two attached hydrogens (primary N) is 1. The van der Waals surface area contributed by atoms with Crippen molar-refractivity contribution < 1.29 is 4.39 Å². The molecule has 15 heavy (non-hydrogen) atoms. The third kappa shape index (κ3) is 2.05. The Morgan fingerprint density at radius 1 is 1.13 bits per heavy atom. The van der Waals surface area contributed by atoms with Crippen molar-refractivity contribution in [2.24, 2.45) is 0 Å². The minimum atomic E-state index is -0.429. The molecule has 2 aromatic rings. The Labute approximate surface area is 90.7 Å². The Hall–Kier alpha value is -1.68. The first-order valence-corrected chi connectivity index (χ1v) is 4.59. The van der Waals surface area contributed by atoms with Gasteiger partial charge in [-0.05, 0) is 30.3 Å². The largest absolute Gasteiger partial charge is 0.382 e. The molecule has 0 aliphatic rings. The van der Waals surface area contributed by atoms with Gasteiger partial charge >= 0.3 is 0 Å². The van der Waals surface area contributed by atoms with E-state index in [1.54, 1.807) is 24.3 Å². The summed E-state index contributed by atoms with van der Waals surface area (Å²) in [5.41, 5.74) is 6.16. The first-order valence-electron chi connectivity index (χ1n) is 4.21. The van der Waals surface area contributed by atoms with Crippen molar-refractivity contribution in [2.45, 2.75) is 0 Å². The lowest BCUT2D eigenvalue weighted by Crippen LogP contribution is -1.95. The van der Waals surface area contributed by atoms with Gasteiger partial charge in [0.05, 0.1) is 5.69 Å². The van der Waals surface area contributed by atoms with Gasteiger partial charge in [0.2, 0.25) is 0 Å². The van der Waals surface area contributed by atoms with Crippen molar-refractivity contribution in [3.63, 3.8) is 0 Å². The predicted molar refractivity (Wildman–Crippen MR) is 56.8 cm³/mol. The fourth-order valence-electron chi connectivity index (χ4n) is 1.18.